The average molecular weight is 236 g/mol. The fourth-order valence-corrected chi connectivity index (χ4v) is 3.11. The van der Waals surface area contributed by atoms with Gasteiger partial charge in [0.2, 0.25) is 0 Å². The molecular weight excluding hydrogens is 216 g/mol. The Balaban J connectivity index is 1.88. The van der Waals surface area contributed by atoms with E-state index in [1.807, 2.05) is 11.8 Å². The highest BCUT2D eigenvalue weighted by atomic mass is 32.2. The molecule has 1 saturated heterocycles. The van der Waals surface area contributed by atoms with E-state index in [4.69, 9.17) is 5.73 Å². The quantitative estimate of drug-likeness (QED) is 0.626. The predicted octanol–water partition coefficient (Wildman–Crippen LogP) is 2.81. The van der Waals surface area contributed by atoms with Crippen LogP contribution in [0.2, 0.25) is 0 Å². The number of aryl methyl sites for hydroxylation is 1. The van der Waals surface area contributed by atoms with Crippen LogP contribution in [0.25, 0.3) is 0 Å². The number of benzene rings is 1. The maximum absolute atomic E-state index is 6.00. The average Bonchev–Trinajstić information content (AvgIpc) is 2.29. The Labute approximate surface area is 102 Å². The minimum atomic E-state index is 0.666. The van der Waals surface area contributed by atoms with E-state index in [1.54, 1.807) is 0 Å². The van der Waals surface area contributed by atoms with Gasteiger partial charge in [0.05, 0.1) is 0 Å². The number of rotatable bonds is 3. The molecule has 3 N–H and O–H groups in total. The van der Waals surface area contributed by atoms with Crippen molar-refractivity contribution in [3.8, 4) is 0 Å². The van der Waals surface area contributed by atoms with Crippen LogP contribution in [0, 0.1) is 6.92 Å². The number of hydrogen-bond donors (Lipinski definition) is 2. The van der Waals surface area contributed by atoms with E-state index in [-0.39, 0.29) is 0 Å². The molecule has 1 aromatic carbocycles. The van der Waals surface area contributed by atoms with Crippen molar-refractivity contribution in [3.63, 3.8) is 0 Å². The molecule has 0 aliphatic carbocycles. The summed E-state index contributed by atoms with van der Waals surface area (Å²) in [6, 6.07) is 6.99. The number of nitrogen functional groups attached to an aromatic ring is 1. The van der Waals surface area contributed by atoms with Gasteiger partial charge in [-0.05, 0) is 44.0 Å². The smallest absolute Gasteiger partial charge is 0.0454 e. The maximum atomic E-state index is 6.00. The van der Waals surface area contributed by atoms with Crippen LogP contribution < -0.4 is 11.1 Å². The van der Waals surface area contributed by atoms with Gasteiger partial charge in [-0.3, -0.25) is 0 Å². The van der Waals surface area contributed by atoms with Crippen LogP contribution in [-0.2, 0) is 0 Å². The van der Waals surface area contributed by atoms with Crippen molar-refractivity contribution in [1.29, 1.82) is 0 Å². The van der Waals surface area contributed by atoms with Gasteiger partial charge < -0.3 is 11.1 Å². The zero-order chi connectivity index (χ0) is 11.4. The van der Waals surface area contributed by atoms with Crippen molar-refractivity contribution in [3.05, 3.63) is 23.8 Å². The first-order valence-electron chi connectivity index (χ1n) is 5.98. The van der Waals surface area contributed by atoms with Crippen LogP contribution in [0.3, 0.4) is 0 Å². The van der Waals surface area contributed by atoms with Crippen LogP contribution in [-0.4, -0.2) is 18.3 Å². The normalized spacial score (nSPS) is 20.9. The van der Waals surface area contributed by atoms with Crippen LogP contribution in [0.4, 0.5) is 5.69 Å². The molecule has 0 saturated carbocycles. The molecule has 16 heavy (non-hydrogen) atoms. The van der Waals surface area contributed by atoms with Gasteiger partial charge in [-0.15, -0.1) is 11.8 Å². The summed E-state index contributed by atoms with van der Waals surface area (Å²) in [6.45, 7) is 3.25. The first kappa shape index (κ1) is 11.8. The van der Waals surface area contributed by atoms with Gasteiger partial charge in [-0.1, -0.05) is 12.5 Å². The van der Waals surface area contributed by atoms with Gasteiger partial charge in [0.25, 0.3) is 0 Å². The summed E-state index contributed by atoms with van der Waals surface area (Å²) < 4.78 is 0. The van der Waals surface area contributed by atoms with E-state index in [9.17, 15) is 0 Å². The summed E-state index contributed by atoms with van der Waals surface area (Å²) in [4.78, 5) is 1.22. The van der Waals surface area contributed by atoms with Gasteiger partial charge in [-0.25, -0.2) is 0 Å². The van der Waals surface area contributed by atoms with E-state index in [1.165, 1.54) is 36.3 Å². The maximum Gasteiger partial charge on any atom is 0.0454 e. The summed E-state index contributed by atoms with van der Waals surface area (Å²) in [7, 11) is 0. The highest BCUT2D eigenvalue weighted by Crippen LogP contribution is 2.27. The SMILES string of the molecule is Cc1ccc(SCC2CCCCN2)c(N)c1. The summed E-state index contributed by atoms with van der Waals surface area (Å²) in [6.07, 6.45) is 3.99. The van der Waals surface area contributed by atoms with Crippen LogP contribution in [0.1, 0.15) is 24.8 Å². The third-order valence-corrected chi connectivity index (χ3v) is 4.27. The highest BCUT2D eigenvalue weighted by Gasteiger charge is 2.13. The van der Waals surface area contributed by atoms with E-state index >= 15 is 0 Å². The van der Waals surface area contributed by atoms with Gasteiger partial charge in [0.15, 0.2) is 0 Å². The number of nitrogens with two attached hydrogens (primary N) is 1. The van der Waals surface area contributed by atoms with Gasteiger partial charge in [-0.2, -0.15) is 0 Å². The zero-order valence-corrected chi connectivity index (χ0v) is 10.6. The van der Waals surface area contributed by atoms with Crippen molar-refractivity contribution < 1.29 is 0 Å². The Bertz CT molecular complexity index is 346. The van der Waals surface area contributed by atoms with Crippen molar-refractivity contribution >= 4 is 17.4 Å². The van der Waals surface area contributed by atoms with Crippen molar-refractivity contribution in [2.75, 3.05) is 18.0 Å². The summed E-state index contributed by atoms with van der Waals surface area (Å²) in [5.74, 6) is 1.13. The third kappa shape index (κ3) is 3.16. The fourth-order valence-electron chi connectivity index (χ4n) is 2.06. The summed E-state index contributed by atoms with van der Waals surface area (Å²) in [5, 5.41) is 3.56. The molecule has 1 unspecified atom stereocenters. The monoisotopic (exact) mass is 236 g/mol. The number of piperidine rings is 1. The van der Waals surface area contributed by atoms with Gasteiger partial charge >= 0.3 is 0 Å². The Morgan fingerprint density at radius 1 is 1.44 bits per heavy atom. The molecule has 0 bridgehead atoms. The second kappa shape index (κ2) is 5.60. The molecular formula is C13H20N2S. The number of hydrogen-bond acceptors (Lipinski definition) is 3. The largest absolute Gasteiger partial charge is 0.398 e. The topological polar surface area (TPSA) is 38.0 Å². The Kier molecular flexibility index (Phi) is 4.13. The Morgan fingerprint density at radius 3 is 3.00 bits per heavy atom. The predicted molar refractivity (Wildman–Crippen MR) is 72.0 cm³/mol. The van der Waals surface area contributed by atoms with Crippen LogP contribution in [0.15, 0.2) is 23.1 Å². The van der Waals surface area contributed by atoms with Crippen molar-refractivity contribution in [2.45, 2.75) is 37.1 Å². The molecule has 88 valence electrons. The first-order valence-corrected chi connectivity index (χ1v) is 6.96. The van der Waals surface area contributed by atoms with E-state index in [0.717, 1.165) is 11.4 Å². The lowest BCUT2D eigenvalue weighted by atomic mass is 10.1. The Hall–Kier alpha value is -0.670. The fraction of sp³-hybridized carbons (Fsp3) is 0.538. The third-order valence-electron chi connectivity index (χ3n) is 3.02. The molecule has 1 fully saturated rings. The lowest BCUT2D eigenvalue weighted by Gasteiger charge is -2.23. The molecule has 0 amide bonds. The standard InChI is InChI=1S/C13H20N2S/c1-10-5-6-13(12(14)8-10)16-9-11-4-2-3-7-15-11/h5-6,8,11,15H,2-4,7,9,14H2,1H3. The Morgan fingerprint density at radius 2 is 2.31 bits per heavy atom. The van der Waals surface area contributed by atoms with Gasteiger partial charge in [0, 0.05) is 22.4 Å². The summed E-state index contributed by atoms with van der Waals surface area (Å²) >= 11 is 1.87. The molecule has 2 rings (SSSR count). The first-order chi connectivity index (χ1) is 7.75. The highest BCUT2D eigenvalue weighted by molar-refractivity contribution is 7.99. The second-order valence-electron chi connectivity index (χ2n) is 4.50. The van der Waals surface area contributed by atoms with E-state index in [2.05, 4.69) is 30.4 Å². The van der Waals surface area contributed by atoms with Crippen molar-refractivity contribution in [2.24, 2.45) is 0 Å². The lowest BCUT2D eigenvalue weighted by molar-refractivity contribution is 0.430. The van der Waals surface area contributed by atoms with E-state index in [0.29, 0.717) is 6.04 Å². The molecule has 0 radical (unpaired) electrons. The lowest BCUT2D eigenvalue weighted by Crippen LogP contribution is -2.35. The van der Waals surface area contributed by atoms with Gasteiger partial charge in [0.1, 0.15) is 0 Å². The van der Waals surface area contributed by atoms with Crippen molar-refractivity contribution in [1.82, 2.24) is 5.32 Å². The second-order valence-corrected chi connectivity index (χ2v) is 5.56. The molecule has 0 aromatic heterocycles. The molecule has 0 spiro atoms. The number of nitrogens with one attached hydrogen (secondary N) is 1. The molecule has 3 heteroatoms. The van der Waals surface area contributed by atoms with Crippen LogP contribution in [0.5, 0.6) is 0 Å². The zero-order valence-electron chi connectivity index (χ0n) is 9.83. The minimum absolute atomic E-state index is 0.666. The summed E-state index contributed by atoms with van der Waals surface area (Å²) in [5.41, 5.74) is 8.15. The molecule has 1 heterocycles. The number of thioether (sulfide) groups is 1. The molecule has 1 aliphatic rings. The van der Waals surface area contributed by atoms with Crippen LogP contribution >= 0.6 is 11.8 Å². The van der Waals surface area contributed by atoms with E-state index < -0.39 is 0 Å². The molecule has 1 aromatic rings. The molecule has 2 nitrogen and oxygen atoms in total. The molecule has 1 atom stereocenters. The minimum Gasteiger partial charge on any atom is -0.398 e. The number of anilines is 1. The molecule has 1 aliphatic heterocycles.